The molecule has 1 saturated carbocycles. The van der Waals surface area contributed by atoms with E-state index in [1.165, 1.54) is 32.0 Å². The standard InChI is InChI=1S/C14H21N5O/c15-14(20)12-8-16-9-13(17-12)19-6-4-18(5-7-19)10-11-2-1-3-11/h8-9,11H,1-7,10H2,(H2,15,20). The molecule has 1 amide bonds. The fourth-order valence-corrected chi connectivity index (χ4v) is 2.83. The van der Waals surface area contributed by atoms with E-state index in [-0.39, 0.29) is 5.69 Å². The van der Waals surface area contributed by atoms with E-state index in [0.29, 0.717) is 0 Å². The number of piperazine rings is 1. The lowest BCUT2D eigenvalue weighted by molar-refractivity contribution is 0.0995. The zero-order chi connectivity index (χ0) is 13.9. The van der Waals surface area contributed by atoms with Crippen LogP contribution in [0.2, 0.25) is 0 Å². The molecule has 2 fully saturated rings. The van der Waals surface area contributed by atoms with Gasteiger partial charge >= 0.3 is 0 Å². The number of carbonyl (C=O) groups excluding carboxylic acids is 1. The van der Waals surface area contributed by atoms with Crippen LogP contribution in [0.3, 0.4) is 0 Å². The van der Waals surface area contributed by atoms with E-state index in [4.69, 9.17) is 5.73 Å². The predicted molar refractivity (Wildman–Crippen MR) is 76.5 cm³/mol. The molecule has 0 atom stereocenters. The van der Waals surface area contributed by atoms with Gasteiger partial charge in [-0.2, -0.15) is 0 Å². The first-order valence-corrected chi connectivity index (χ1v) is 7.31. The van der Waals surface area contributed by atoms with Crippen molar-refractivity contribution in [2.45, 2.75) is 19.3 Å². The van der Waals surface area contributed by atoms with E-state index in [9.17, 15) is 4.79 Å². The van der Waals surface area contributed by atoms with Crippen LogP contribution in [0, 0.1) is 5.92 Å². The predicted octanol–water partition coefficient (Wildman–Crippen LogP) is 0.498. The molecule has 3 rings (SSSR count). The summed E-state index contributed by atoms with van der Waals surface area (Å²) >= 11 is 0. The van der Waals surface area contributed by atoms with Gasteiger partial charge in [-0.3, -0.25) is 14.7 Å². The SMILES string of the molecule is NC(=O)c1cncc(N2CCN(CC3CCC3)CC2)n1. The number of hydrogen-bond acceptors (Lipinski definition) is 5. The number of nitrogens with two attached hydrogens (primary N) is 1. The Morgan fingerprint density at radius 3 is 2.60 bits per heavy atom. The highest BCUT2D eigenvalue weighted by atomic mass is 16.1. The molecular formula is C14H21N5O. The Balaban J connectivity index is 1.57. The Hall–Kier alpha value is -1.69. The molecule has 6 nitrogen and oxygen atoms in total. The Bertz CT molecular complexity index is 480. The molecule has 2 heterocycles. The van der Waals surface area contributed by atoms with Crippen LogP contribution in [-0.4, -0.2) is 53.5 Å². The van der Waals surface area contributed by atoms with Gasteiger partial charge in [0, 0.05) is 32.7 Å². The molecule has 1 saturated heterocycles. The van der Waals surface area contributed by atoms with Gasteiger partial charge in [-0.15, -0.1) is 0 Å². The summed E-state index contributed by atoms with van der Waals surface area (Å²) in [5.74, 6) is 1.15. The molecule has 1 aliphatic carbocycles. The lowest BCUT2D eigenvalue weighted by Crippen LogP contribution is -2.48. The van der Waals surface area contributed by atoms with Crippen LogP contribution < -0.4 is 10.6 Å². The Kier molecular flexibility index (Phi) is 3.82. The molecule has 2 aliphatic rings. The van der Waals surface area contributed by atoms with Crippen LogP contribution in [0.4, 0.5) is 5.82 Å². The third-order valence-electron chi connectivity index (χ3n) is 4.31. The lowest BCUT2D eigenvalue weighted by atomic mass is 9.85. The van der Waals surface area contributed by atoms with E-state index in [0.717, 1.165) is 37.9 Å². The van der Waals surface area contributed by atoms with Crippen molar-refractivity contribution < 1.29 is 4.79 Å². The molecule has 20 heavy (non-hydrogen) atoms. The van der Waals surface area contributed by atoms with Crippen molar-refractivity contribution in [1.29, 1.82) is 0 Å². The van der Waals surface area contributed by atoms with Crippen LogP contribution in [0.1, 0.15) is 29.8 Å². The summed E-state index contributed by atoms with van der Waals surface area (Å²) in [4.78, 5) is 24.2. The molecule has 6 heteroatoms. The Morgan fingerprint density at radius 1 is 1.25 bits per heavy atom. The maximum absolute atomic E-state index is 11.1. The number of primary amides is 1. The second-order valence-electron chi connectivity index (χ2n) is 5.71. The monoisotopic (exact) mass is 275 g/mol. The van der Waals surface area contributed by atoms with Crippen LogP contribution in [0.5, 0.6) is 0 Å². The van der Waals surface area contributed by atoms with E-state index in [2.05, 4.69) is 19.8 Å². The van der Waals surface area contributed by atoms with Gasteiger partial charge in [-0.25, -0.2) is 4.98 Å². The molecule has 0 bridgehead atoms. The minimum absolute atomic E-state index is 0.236. The van der Waals surface area contributed by atoms with E-state index >= 15 is 0 Å². The third kappa shape index (κ3) is 2.90. The summed E-state index contributed by atoms with van der Waals surface area (Å²) in [5.41, 5.74) is 5.48. The van der Waals surface area contributed by atoms with E-state index in [1.807, 2.05) is 0 Å². The molecule has 0 unspecified atom stereocenters. The van der Waals surface area contributed by atoms with Gasteiger partial charge in [0.1, 0.15) is 11.5 Å². The van der Waals surface area contributed by atoms with Gasteiger partial charge in [0.05, 0.1) is 12.4 Å². The second-order valence-corrected chi connectivity index (χ2v) is 5.71. The summed E-state index contributed by atoms with van der Waals surface area (Å²) in [5, 5.41) is 0. The van der Waals surface area contributed by atoms with Crippen LogP contribution >= 0.6 is 0 Å². The summed E-state index contributed by atoms with van der Waals surface area (Å²) in [6.07, 6.45) is 7.31. The van der Waals surface area contributed by atoms with Crippen molar-refractivity contribution in [1.82, 2.24) is 14.9 Å². The number of carbonyl (C=O) groups is 1. The number of aromatic nitrogens is 2. The molecule has 1 aliphatic heterocycles. The molecule has 0 radical (unpaired) electrons. The van der Waals surface area contributed by atoms with E-state index < -0.39 is 5.91 Å². The fraction of sp³-hybridized carbons (Fsp3) is 0.643. The second kappa shape index (κ2) is 5.75. The highest BCUT2D eigenvalue weighted by Crippen LogP contribution is 2.27. The highest BCUT2D eigenvalue weighted by molar-refractivity contribution is 5.90. The van der Waals surface area contributed by atoms with Crippen molar-refractivity contribution >= 4 is 11.7 Å². The zero-order valence-electron chi connectivity index (χ0n) is 11.7. The molecule has 108 valence electrons. The smallest absolute Gasteiger partial charge is 0.268 e. The van der Waals surface area contributed by atoms with Gasteiger partial charge in [0.15, 0.2) is 0 Å². The Labute approximate surface area is 119 Å². The third-order valence-corrected chi connectivity index (χ3v) is 4.31. The van der Waals surface area contributed by atoms with Gasteiger partial charge in [0.2, 0.25) is 0 Å². The van der Waals surface area contributed by atoms with Gasteiger partial charge in [-0.1, -0.05) is 6.42 Å². The van der Waals surface area contributed by atoms with Crippen LogP contribution in [0.25, 0.3) is 0 Å². The minimum Gasteiger partial charge on any atom is -0.364 e. The largest absolute Gasteiger partial charge is 0.364 e. The molecule has 0 aromatic carbocycles. The first kappa shape index (κ1) is 13.3. The Morgan fingerprint density at radius 2 is 2.00 bits per heavy atom. The van der Waals surface area contributed by atoms with Crippen molar-refractivity contribution in [3.8, 4) is 0 Å². The maximum atomic E-state index is 11.1. The normalized spacial score (nSPS) is 20.7. The van der Waals surface area contributed by atoms with Crippen molar-refractivity contribution in [3.63, 3.8) is 0 Å². The van der Waals surface area contributed by atoms with Crippen molar-refractivity contribution in [2.75, 3.05) is 37.6 Å². The number of anilines is 1. The first-order chi connectivity index (χ1) is 9.72. The zero-order valence-corrected chi connectivity index (χ0v) is 11.7. The summed E-state index contributed by atoms with van der Waals surface area (Å²) in [7, 11) is 0. The number of nitrogens with zero attached hydrogens (tertiary/aromatic N) is 4. The molecule has 1 aromatic heterocycles. The fourth-order valence-electron chi connectivity index (χ4n) is 2.83. The molecule has 2 N–H and O–H groups in total. The van der Waals surface area contributed by atoms with Crippen LogP contribution in [0.15, 0.2) is 12.4 Å². The maximum Gasteiger partial charge on any atom is 0.268 e. The van der Waals surface area contributed by atoms with E-state index in [1.54, 1.807) is 6.20 Å². The summed E-state index contributed by atoms with van der Waals surface area (Å²) < 4.78 is 0. The molecular weight excluding hydrogens is 254 g/mol. The number of rotatable bonds is 4. The van der Waals surface area contributed by atoms with Crippen molar-refractivity contribution in [2.24, 2.45) is 11.7 Å². The average Bonchev–Trinajstić information content (AvgIpc) is 2.44. The highest BCUT2D eigenvalue weighted by Gasteiger charge is 2.24. The average molecular weight is 275 g/mol. The first-order valence-electron chi connectivity index (χ1n) is 7.31. The molecule has 0 spiro atoms. The summed E-state index contributed by atoms with van der Waals surface area (Å²) in [6, 6.07) is 0. The van der Waals surface area contributed by atoms with Gasteiger partial charge < -0.3 is 10.6 Å². The quantitative estimate of drug-likeness (QED) is 0.866. The minimum atomic E-state index is -0.525. The van der Waals surface area contributed by atoms with Gasteiger partial charge in [-0.05, 0) is 18.8 Å². The summed E-state index contributed by atoms with van der Waals surface area (Å²) in [6.45, 7) is 5.21. The van der Waals surface area contributed by atoms with Gasteiger partial charge in [0.25, 0.3) is 5.91 Å². The lowest BCUT2D eigenvalue weighted by Gasteiger charge is -2.38. The van der Waals surface area contributed by atoms with Crippen LogP contribution in [-0.2, 0) is 0 Å². The van der Waals surface area contributed by atoms with Crippen molar-refractivity contribution in [3.05, 3.63) is 18.1 Å². The molecule has 1 aromatic rings. The number of hydrogen-bond donors (Lipinski definition) is 1. The number of amides is 1. The topological polar surface area (TPSA) is 75.4 Å².